The molecule has 1 heterocycles. The van der Waals surface area contributed by atoms with Gasteiger partial charge in [-0.15, -0.1) is 0 Å². The Labute approximate surface area is 122 Å². The fraction of sp³-hybridized carbons (Fsp3) is 0.588. The molecule has 1 aromatic carbocycles. The molecule has 0 spiro atoms. The molecule has 0 radical (unpaired) electrons. The first kappa shape index (κ1) is 15.0. The lowest BCUT2D eigenvalue weighted by Crippen LogP contribution is -2.40. The van der Waals surface area contributed by atoms with Gasteiger partial charge in [0.05, 0.1) is 6.04 Å². The molecular weight excluding hydrogens is 248 g/mol. The predicted molar refractivity (Wildman–Crippen MR) is 82.1 cm³/mol. The average Bonchev–Trinajstić information content (AvgIpc) is 2.67. The van der Waals surface area contributed by atoms with Gasteiger partial charge in [-0.25, -0.2) is 0 Å². The van der Waals surface area contributed by atoms with Crippen molar-refractivity contribution in [1.29, 1.82) is 0 Å². The molecule has 0 aromatic heterocycles. The Morgan fingerprint density at radius 1 is 1.25 bits per heavy atom. The van der Waals surface area contributed by atoms with Crippen LogP contribution in [0, 0.1) is 11.3 Å². The first-order valence-electron chi connectivity index (χ1n) is 7.44. The third kappa shape index (κ3) is 2.88. The minimum atomic E-state index is -0.108. The van der Waals surface area contributed by atoms with Crippen molar-refractivity contribution in [3.63, 3.8) is 0 Å². The van der Waals surface area contributed by atoms with Crippen LogP contribution < -0.4 is 5.32 Å². The van der Waals surface area contributed by atoms with Gasteiger partial charge >= 0.3 is 0 Å². The van der Waals surface area contributed by atoms with E-state index in [1.807, 2.05) is 30.0 Å². The molecule has 110 valence electrons. The number of carbonyl (C=O) groups excluding carboxylic acids is 1. The van der Waals surface area contributed by atoms with E-state index in [2.05, 4.69) is 45.1 Å². The molecule has 1 aliphatic rings. The van der Waals surface area contributed by atoms with Crippen molar-refractivity contribution in [2.45, 2.75) is 46.8 Å². The summed E-state index contributed by atoms with van der Waals surface area (Å²) in [4.78, 5) is 14.5. The fourth-order valence-electron chi connectivity index (χ4n) is 2.48. The summed E-state index contributed by atoms with van der Waals surface area (Å²) >= 11 is 0. The molecule has 2 rings (SSSR count). The van der Waals surface area contributed by atoms with Gasteiger partial charge in [-0.05, 0) is 23.8 Å². The van der Waals surface area contributed by atoms with E-state index in [0.717, 1.165) is 12.1 Å². The number of rotatable bonds is 4. The Morgan fingerprint density at radius 2 is 1.85 bits per heavy atom. The monoisotopic (exact) mass is 274 g/mol. The van der Waals surface area contributed by atoms with Gasteiger partial charge in [0.25, 0.3) is 0 Å². The number of carbonyl (C=O) groups is 1. The number of hydrogen-bond acceptors (Lipinski definition) is 2. The minimum Gasteiger partial charge on any atom is -0.321 e. The molecule has 2 atom stereocenters. The van der Waals surface area contributed by atoms with Crippen LogP contribution in [0.1, 0.15) is 46.3 Å². The smallest absolute Gasteiger partial charge is 0.241 e. The molecule has 0 saturated carbocycles. The summed E-state index contributed by atoms with van der Waals surface area (Å²) in [5.74, 6) is 0.732. The molecule has 3 heteroatoms. The van der Waals surface area contributed by atoms with E-state index in [-0.39, 0.29) is 23.5 Å². The lowest BCUT2D eigenvalue weighted by molar-refractivity contribution is -0.131. The fourth-order valence-corrected chi connectivity index (χ4v) is 2.48. The van der Waals surface area contributed by atoms with E-state index in [9.17, 15) is 4.79 Å². The second-order valence-corrected chi connectivity index (χ2v) is 6.81. The number of hydrogen-bond donors (Lipinski definition) is 1. The molecule has 1 N–H and O–H groups in total. The second kappa shape index (κ2) is 5.57. The molecule has 0 aliphatic carbocycles. The number of amides is 1. The Bertz CT molecular complexity index is 467. The van der Waals surface area contributed by atoms with Gasteiger partial charge in [-0.2, -0.15) is 0 Å². The molecule has 1 aliphatic heterocycles. The van der Waals surface area contributed by atoms with Gasteiger partial charge in [0.15, 0.2) is 0 Å². The molecule has 20 heavy (non-hydrogen) atoms. The predicted octanol–water partition coefficient (Wildman–Crippen LogP) is 3.19. The number of nitrogens with one attached hydrogen (secondary N) is 1. The first-order valence-corrected chi connectivity index (χ1v) is 7.44. The minimum absolute atomic E-state index is 0.00303. The summed E-state index contributed by atoms with van der Waals surface area (Å²) in [7, 11) is 0. The molecule has 1 amide bonds. The first-order chi connectivity index (χ1) is 9.33. The Hall–Kier alpha value is -1.35. The van der Waals surface area contributed by atoms with Crippen LogP contribution >= 0.6 is 0 Å². The second-order valence-electron chi connectivity index (χ2n) is 6.81. The van der Waals surface area contributed by atoms with Gasteiger partial charge in [-0.3, -0.25) is 10.1 Å². The van der Waals surface area contributed by atoms with Crippen LogP contribution in [0.15, 0.2) is 30.3 Å². The zero-order valence-corrected chi connectivity index (χ0v) is 13.2. The highest BCUT2D eigenvalue weighted by atomic mass is 16.2. The van der Waals surface area contributed by atoms with E-state index in [1.165, 1.54) is 0 Å². The van der Waals surface area contributed by atoms with Crippen molar-refractivity contribution in [3.05, 3.63) is 35.9 Å². The van der Waals surface area contributed by atoms with Gasteiger partial charge in [0.1, 0.15) is 6.17 Å². The quantitative estimate of drug-likeness (QED) is 0.914. The molecular formula is C17H26N2O. The van der Waals surface area contributed by atoms with Crippen LogP contribution in [0.25, 0.3) is 0 Å². The number of nitrogens with zero attached hydrogens (tertiary/aromatic N) is 1. The molecule has 1 fully saturated rings. The normalized spacial score (nSPS) is 23.7. The Morgan fingerprint density at radius 3 is 2.40 bits per heavy atom. The van der Waals surface area contributed by atoms with Crippen LogP contribution in [-0.4, -0.2) is 23.4 Å². The Kier molecular flexibility index (Phi) is 4.19. The van der Waals surface area contributed by atoms with E-state index >= 15 is 0 Å². The van der Waals surface area contributed by atoms with Gasteiger partial charge in [0.2, 0.25) is 5.91 Å². The summed E-state index contributed by atoms with van der Waals surface area (Å²) < 4.78 is 0. The van der Waals surface area contributed by atoms with Crippen molar-refractivity contribution in [2.75, 3.05) is 6.54 Å². The molecule has 3 nitrogen and oxygen atoms in total. The zero-order chi connectivity index (χ0) is 14.9. The van der Waals surface area contributed by atoms with Crippen LogP contribution in [0.4, 0.5) is 0 Å². The maximum Gasteiger partial charge on any atom is 0.241 e. The number of benzene rings is 1. The molecule has 1 aromatic rings. The van der Waals surface area contributed by atoms with Crippen LogP contribution in [0.3, 0.4) is 0 Å². The van der Waals surface area contributed by atoms with Crippen molar-refractivity contribution >= 4 is 5.91 Å². The SMILES string of the molecule is CC1NC(c2ccccc2)N(CC(C)(C)C(C)C)C1=O. The Balaban J connectivity index is 2.25. The maximum absolute atomic E-state index is 12.5. The summed E-state index contributed by atoms with van der Waals surface area (Å²) in [6.07, 6.45) is -0.00303. The maximum atomic E-state index is 12.5. The van der Waals surface area contributed by atoms with Gasteiger partial charge in [0, 0.05) is 6.54 Å². The van der Waals surface area contributed by atoms with E-state index < -0.39 is 0 Å². The third-order valence-electron chi connectivity index (χ3n) is 4.63. The van der Waals surface area contributed by atoms with E-state index in [1.54, 1.807) is 0 Å². The van der Waals surface area contributed by atoms with Crippen LogP contribution in [0.2, 0.25) is 0 Å². The summed E-state index contributed by atoms with van der Waals surface area (Å²) in [5.41, 5.74) is 1.26. The van der Waals surface area contributed by atoms with Crippen LogP contribution in [-0.2, 0) is 4.79 Å². The highest BCUT2D eigenvalue weighted by Gasteiger charge is 2.40. The average molecular weight is 274 g/mol. The molecule has 2 unspecified atom stereocenters. The molecule has 0 bridgehead atoms. The van der Waals surface area contributed by atoms with Gasteiger partial charge in [-0.1, -0.05) is 58.0 Å². The summed E-state index contributed by atoms with van der Waals surface area (Å²) in [6.45, 7) is 11.6. The van der Waals surface area contributed by atoms with Crippen molar-refractivity contribution in [2.24, 2.45) is 11.3 Å². The molecule has 1 saturated heterocycles. The van der Waals surface area contributed by atoms with Crippen molar-refractivity contribution in [3.8, 4) is 0 Å². The summed E-state index contributed by atoms with van der Waals surface area (Å²) in [6, 6.07) is 10.1. The highest BCUT2D eigenvalue weighted by Crippen LogP contribution is 2.33. The topological polar surface area (TPSA) is 32.3 Å². The summed E-state index contributed by atoms with van der Waals surface area (Å²) in [5, 5.41) is 3.41. The zero-order valence-electron chi connectivity index (χ0n) is 13.2. The highest BCUT2D eigenvalue weighted by molar-refractivity contribution is 5.84. The van der Waals surface area contributed by atoms with Crippen molar-refractivity contribution in [1.82, 2.24) is 10.2 Å². The van der Waals surface area contributed by atoms with Gasteiger partial charge < -0.3 is 4.90 Å². The largest absolute Gasteiger partial charge is 0.321 e. The standard InChI is InChI=1S/C17H26N2O/c1-12(2)17(4,5)11-19-15(18-13(3)16(19)20)14-9-7-6-8-10-14/h6-10,12-13,15,18H,11H2,1-5H3. The van der Waals surface area contributed by atoms with Crippen LogP contribution in [0.5, 0.6) is 0 Å². The third-order valence-corrected chi connectivity index (χ3v) is 4.63. The van der Waals surface area contributed by atoms with E-state index in [4.69, 9.17) is 0 Å². The lowest BCUT2D eigenvalue weighted by atomic mass is 9.80. The van der Waals surface area contributed by atoms with Crippen molar-refractivity contribution < 1.29 is 4.79 Å². The lowest BCUT2D eigenvalue weighted by Gasteiger charge is -2.36. The van der Waals surface area contributed by atoms with E-state index in [0.29, 0.717) is 5.92 Å².